The van der Waals surface area contributed by atoms with Crippen LogP contribution in [0, 0.1) is 6.92 Å². The lowest BCUT2D eigenvalue weighted by molar-refractivity contribution is 0.365. The molecule has 0 atom stereocenters. The van der Waals surface area contributed by atoms with Crippen LogP contribution in [0.15, 0.2) is 9.59 Å². The standard InChI is InChI=1S/C9H13ClN2O2/c1-5-6(10)11-8(14)12(7(5)13)9(2,3)4/h1-4H3,(H,11,14). The molecule has 0 aliphatic carbocycles. The normalized spacial score (nSPS) is 11.8. The lowest BCUT2D eigenvalue weighted by Gasteiger charge is -2.21. The van der Waals surface area contributed by atoms with Crippen molar-refractivity contribution in [2.24, 2.45) is 0 Å². The van der Waals surface area contributed by atoms with Gasteiger partial charge in [0.05, 0.1) is 0 Å². The number of aromatic amines is 1. The summed E-state index contributed by atoms with van der Waals surface area (Å²) in [6.45, 7) is 6.95. The first-order chi connectivity index (χ1) is 6.25. The van der Waals surface area contributed by atoms with Crippen LogP contribution < -0.4 is 11.2 Å². The number of aromatic nitrogens is 2. The number of nitrogens with zero attached hydrogens (tertiary/aromatic N) is 1. The van der Waals surface area contributed by atoms with E-state index in [1.165, 1.54) is 0 Å². The Labute approximate surface area is 86.5 Å². The van der Waals surface area contributed by atoms with Crippen LogP contribution in [0.25, 0.3) is 0 Å². The number of hydrogen-bond acceptors (Lipinski definition) is 2. The molecule has 0 unspecified atom stereocenters. The smallest absolute Gasteiger partial charge is 0.297 e. The van der Waals surface area contributed by atoms with Crippen molar-refractivity contribution in [2.45, 2.75) is 33.2 Å². The van der Waals surface area contributed by atoms with E-state index in [1.54, 1.807) is 27.7 Å². The third-order valence-corrected chi connectivity index (χ3v) is 2.32. The van der Waals surface area contributed by atoms with Crippen molar-refractivity contribution in [1.82, 2.24) is 9.55 Å². The highest BCUT2D eigenvalue weighted by Crippen LogP contribution is 2.10. The molecule has 1 heterocycles. The van der Waals surface area contributed by atoms with Crippen molar-refractivity contribution >= 4 is 11.6 Å². The van der Waals surface area contributed by atoms with Gasteiger partial charge in [-0.1, -0.05) is 11.6 Å². The van der Waals surface area contributed by atoms with E-state index in [9.17, 15) is 9.59 Å². The summed E-state index contributed by atoms with van der Waals surface area (Å²) in [6, 6.07) is 0. The molecule has 0 aliphatic rings. The molecule has 0 saturated carbocycles. The van der Waals surface area contributed by atoms with Crippen LogP contribution in [0.2, 0.25) is 5.15 Å². The quantitative estimate of drug-likeness (QED) is 0.664. The number of rotatable bonds is 0. The third-order valence-electron chi connectivity index (χ3n) is 1.94. The Morgan fingerprint density at radius 2 is 1.79 bits per heavy atom. The van der Waals surface area contributed by atoms with Crippen LogP contribution in [0.1, 0.15) is 26.3 Å². The molecule has 14 heavy (non-hydrogen) atoms. The molecule has 0 aromatic carbocycles. The van der Waals surface area contributed by atoms with Crippen molar-refractivity contribution in [3.05, 3.63) is 31.6 Å². The zero-order valence-corrected chi connectivity index (χ0v) is 9.40. The van der Waals surface area contributed by atoms with Crippen molar-refractivity contribution in [2.75, 3.05) is 0 Å². The first-order valence-corrected chi connectivity index (χ1v) is 4.65. The van der Waals surface area contributed by atoms with Gasteiger partial charge in [0.1, 0.15) is 5.15 Å². The molecule has 0 fully saturated rings. The zero-order chi connectivity index (χ0) is 11.1. The van der Waals surface area contributed by atoms with Gasteiger partial charge in [-0.15, -0.1) is 0 Å². The van der Waals surface area contributed by atoms with E-state index < -0.39 is 11.2 Å². The third kappa shape index (κ3) is 1.75. The highest BCUT2D eigenvalue weighted by atomic mass is 35.5. The van der Waals surface area contributed by atoms with Crippen LogP contribution in [0.3, 0.4) is 0 Å². The lowest BCUT2D eigenvalue weighted by atomic mass is 10.1. The van der Waals surface area contributed by atoms with E-state index in [0.717, 1.165) is 4.57 Å². The monoisotopic (exact) mass is 216 g/mol. The van der Waals surface area contributed by atoms with Crippen LogP contribution in [0.5, 0.6) is 0 Å². The van der Waals surface area contributed by atoms with Crippen LogP contribution >= 0.6 is 11.6 Å². The van der Waals surface area contributed by atoms with Gasteiger partial charge in [-0.05, 0) is 27.7 Å². The predicted octanol–water partition coefficient (Wildman–Crippen LogP) is 1.25. The molecule has 4 nitrogen and oxygen atoms in total. The molecular weight excluding hydrogens is 204 g/mol. The molecular formula is C9H13ClN2O2. The SMILES string of the molecule is Cc1c(Cl)[nH]c(=O)n(C(C)(C)C)c1=O. The fourth-order valence-corrected chi connectivity index (χ4v) is 1.37. The van der Waals surface area contributed by atoms with Crippen molar-refractivity contribution in [1.29, 1.82) is 0 Å². The van der Waals surface area contributed by atoms with Gasteiger partial charge in [-0.2, -0.15) is 0 Å². The summed E-state index contributed by atoms with van der Waals surface area (Å²) in [5.41, 5.74) is -0.995. The first-order valence-electron chi connectivity index (χ1n) is 4.27. The van der Waals surface area contributed by atoms with Gasteiger partial charge in [0.15, 0.2) is 0 Å². The van der Waals surface area contributed by atoms with Gasteiger partial charge in [0, 0.05) is 11.1 Å². The van der Waals surface area contributed by atoms with Gasteiger partial charge >= 0.3 is 5.69 Å². The van der Waals surface area contributed by atoms with E-state index in [2.05, 4.69) is 4.98 Å². The Morgan fingerprint density at radius 3 is 2.21 bits per heavy atom. The molecule has 1 rings (SSSR count). The van der Waals surface area contributed by atoms with Crippen molar-refractivity contribution in [3.63, 3.8) is 0 Å². The van der Waals surface area contributed by atoms with Crippen LogP contribution in [-0.4, -0.2) is 9.55 Å². The highest BCUT2D eigenvalue weighted by Gasteiger charge is 2.19. The Hall–Kier alpha value is -1.03. The van der Waals surface area contributed by atoms with E-state index in [1.807, 2.05) is 0 Å². The molecule has 5 heteroatoms. The molecule has 78 valence electrons. The van der Waals surface area contributed by atoms with Gasteiger partial charge in [-0.3, -0.25) is 14.3 Å². The molecule has 0 spiro atoms. The Morgan fingerprint density at radius 1 is 1.29 bits per heavy atom. The first kappa shape index (κ1) is 11.0. The van der Waals surface area contributed by atoms with E-state index in [0.29, 0.717) is 5.56 Å². The molecule has 0 bridgehead atoms. The number of H-pyrrole nitrogens is 1. The lowest BCUT2D eigenvalue weighted by Crippen LogP contribution is -2.45. The average molecular weight is 217 g/mol. The minimum atomic E-state index is -0.542. The molecule has 1 N–H and O–H groups in total. The minimum Gasteiger partial charge on any atom is -0.297 e. The second-order valence-corrected chi connectivity index (χ2v) is 4.56. The second-order valence-electron chi connectivity index (χ2n) is 4.18. The number of nitrogens with one attached hydrogen (secondary N) is 1. The number of halogens is 1. The molecule has 0 saturated heterocycles. The van der Waals surface area contributed by atoms with Crippen molar-refractivity contribution < 1.29 is 0 Å². The zero-order valence-electron chi connectivity index (χ0n) is 8.64. The summed E-state index contributed by atoms with van der Waals surface area (Å²) in [5, 5.41) is 0.112. The van der Waals surface area contributed by atoms with E-state index >= 15 is 0 Å². The van der Waals surface area contributed by atoms with Gasteiger partial charge < -0.3 is 0 Å². The van der Waals surface area contributed by atoms with E-state index in [-0.39, 0.29) is 10.7 Å². The minimum absolute atomic E-state index is 0.112. The summed E-state index contributed by atoms with van der Waals surface area (Å²) in [5.74, 6) is 0. The maximum absolute atomic E-state index is 11.7. The topological polar surface area (TPSA) is 54.9 Å². The summed E-state index contributed by atoms with van der Waals surface area (Å²) < 4.78 is 1.16. The number of hydrogen-bond donors (Lipinski definition) is 1. The molecule has 0 amide bonds. The predicted molar refractivity (Wildman–Crippen MR) is 56.1 cm³/mol. The summed E-state index contributed by atoms with van der Waals surface area (Å²) in [4.78, 5) is 25.6. The average Bonchev–Trinajstić information content (AvgIpc) is 1.97. The largest absolute Gasteiger partial charge is 0.329 e. The Balaban J connectivity index is 3.71. The Kier molecular flexibility index (Phi) is 2.58. The van der Waals surface area contributed by atoms with Crippen molar-refractivity contribution in [3.8, 4) is 0 Å². The van der Waals surface area contributed by atoms with Gasteiger partial charge in [0.25, 0.3) is 5.56 Å². The fourth-order valence-electron chi connectivity index (χ4n) is 1.21. The Bertz CT molecular complexity index is 465. The second kappa shape index (κ2) is 3.28. The fraction of sp³-hybridized carbons (Fsp3) is 0.556. The molecule has 1 aromatic heterocycles. The molecule has 0 radical (unpaired) electrons. The summed E-state index contributed by atoms with van der Waals surface area (Å²) in [7, 11) is 0. The van der Waals surface area contributed by atoms with E-state index in [4.69, 9.17) is 11.6 Å². The van der Waals surface area contributed by atoms with Gasteiger partial charge in [-0.25, -0.2) is 4.79 Å². The van der Waals surface area contributed by atoms with Crippen LogP contribution in [-0.2, 0) is 5.54 Å². The molecule has 1 aromatic rings. The maximum Gasteiger partial charge on any atom is 0.329 e. The summed E-state index contributed by atoms with van der Waals surface area (Å²) >= 11 is 5.67. The van der Waals surface area contributed by atoms with Crippen LogP contribution in [0.4, 0.5) is 0 Å². The summed E-state index contributed by atoms with van der Waals surface area (Å²) in [6.07, 6.45) is 0. The maximum atomic E-state index is 11.7. The molecule has 0 aliphatic heterocycles. The highest BCUT2D eigenvalue weighted by molar-refractivity contribution is 6.30. The van der Waals surface area contributed by atoms with Gasteiger partial charge in [0.2, 0.25) is 0 Å².